The van der Waals surface area contributed by atoms with Gasteiger partial charge in [-0.2, -0.15) is 0 Å². The third kappa shape index (κ3) is 3.16. The van der Waals surface area contributed by atoms with Gasteiger partial charge in [-0.3, -0.25) is 9.59 Å². The molecule has 20 heavy (non-hydrogen) atoms. The van der Waals surface area contributed by atoms with Crippen LogP contribution in [0.2, 0.25) is 0 Å². The highest BCUT2D eigenvalue weighted by Gasteiger charge is 2.45. The summed E-state index contributed by atoms with van der Waals surface area (Å²) < 4.78 is 0. The number of carboxylic acid groups (broad SMARTS) is 1. The number of nitrogens with one attached hydrogen (secondary N) is 2. The molecule has 1 saturated carbocycles. The van der Waals surface area contributed by atoms with Gasteiger partial charge in [0.2, 0.25) is 5.91 Å². The molecule has 2 rings (SSSR count). The Bertz CT molecular complexity index is 508. The fourth-order valence-electron chi connectivity index (χ4n) is 2.04. The molecule has 1 aliphatic rings. The SMILES string of the molecule is O=C(CCNC(=O)c1cccs1)NC1(C(=O)O)CCC1. The molecule has 0 radical (unpaired) electrons. The first-order valence-electron chi connectivity index (χ1n) is 6.40. The van der Waals surface area contributed by atoms with Gasteiger partial charge in [0.05, 0.1) is 4.88 Å². The minimum absolute atomic E-state index is 0.0755. The first kappa shape index (κ1) is 14.5. The number of carbonyl (C=O) groups excluding carboxylic acids is 2. The van der Waals surface area contributed by atoms with Gasteiger partial charge in [0.25, 0.3) is 5.91 Å². The molecule has 0 unspecified atom stereocenters. The first-order valence-corrected chi connectivity index (χ1v) is 7.28. The van der Waals surface area contributed by atoms with E-state index in [0.29, 0.717) is 17.7 Å². The van der Waals surface area contributed by atoms with E-state index >= 15 is 0 Å². The van der Waals surface area contributed by atoms with E-state index in [0.717, 1.165) is 6.42 Å². The third-order valence-corrected chi connectivity index (χ3v) is 4.25. The second-order valence-corrected chi connectivity index (χ2v) is 5.72. The summed E-state index contributed by atoms with van der Waals surface area (Å²) in [5.74, 6) is -1.55. The summed E-state index contributed by atoms with van der Waals surface area (Å²) in [4.78, 5) is 35.0. The fraction of sp³-hybridized carbons (Fsp3) is 0.462. The van der Waals surface area contributed by atoms with E-state index in [2.05, 4.69) is 10.6 Å². The lowest BCUT2D eigenvalue weighted by Crippen LogP contribution is -2.59. The van der Waals surface area contributed by atoms with Crippen molar-refractivity contribution in [1.82, 2.24) is 10.6 Å². The molecule has 0 atom stereocenters. The smallest absolute Gasteiger partial charge is 0.329 e. The van der Waals surface area contributed by atoms with Crippen LogP contribution < -0.4 is 10.6 Å². The van der Waals surface area contributed by atoms with E-state index < -0.39 is 11.5 Å². The van der Waals surface area contributed by atoms with Gasteiger partial charge in [-0.05, 0) is 30.7 Å². The minimum atomic E-state index is -1.09. The summed E-state index contributed by atoms with van der Waals surface area (Å²) >= 11 is 1.33. The van der Waals surface area contributed by atoms with Gasteiger partial charge in [-0.15, -0.1) is 11.3 Å². The highest BCUT2D eigenvalue weighted by molar-refractivity contribution is 7.12. The van der Waals surface area contributed by atoms with E-state index in [1.807, 2.05) is 0 Å². The monoisotopic (exact) mass is 296 g/mol. The molecular weight excluding hydrogens is 280 g/mol. The van der Waals surface area contributed by atoms with E-state index in [1.54, 1.807) is 17.5 Å². The average Bonchev–Trinajstić information content (AvgIpc) is 2.87. The van der Waals surface area contributed by atoms with Crippen LogP contribution in [-0.2, 0) is 9.59 Å². The van der Waals surface area contributed by atoms with Gasteiger partial charge in [-0.25, -0.2) is 4.79 Å². The zero-order valence-electron chi connectivity index (χ0n) is 10.8. The number of rotatable bonds is 6. The van der Waals surface area contributed by atoms with Gasteiger partial charge < -0.3 is 15.7 Å². The molecule has 1 fully saturated rings. The highest BCUT2D eigenvalue weighted by Crippen LogP contribution is 2.31. The van der Waals surface area contributed by atoms with E-state index in [-0.39, 0.29) is 24.8 Å². The van der Waals surface area contributed by atoms with Crippen molar-refractivity contribution in [2.75, 3.05) is 6.54 Å². The Morgan fingerprint density at radius 2 is 2.10 bits per heavy atom. The van der Waals surface area contributed by atoms with Crippen LogP contribution in [0.25, 0.3) is 0 Å². The molecule has 7 heteroatoms. The summed E-state index contributed by atoms with van der Waals surface area (Å²) in [6.45, 7) is 0.193. The number of hydrogen-bond acceptors (Lipinski definition) is 4. The standard InChI is InChI=1S/C13H16N2O4S/c16-10(15-13(12(18)19)5-2-6-13)4-7-14-11(17)9-3-1-8-20-9/h1,3,8H,2,4-7H2,(H,14,17)(H,15,16)(H,18,19). The van der Waals surface area contributed by atoms with Gasteiger partial charge in [0, 0.05) is 13.0 Å². The van der Waals surface area contributed by atoms with Crippen LogP contribution in [0.1, 0.15) is 35.4 Å². The summed E-state index contributed by atoms with van der Waals surface area (Å²) in [6.07, 6.45) is 1.82. The Kier molecular flexibility index (Phi) is 4.39. The van der Waals surface area contributed by atoms with Crippen LogP contribution in [0.4, 0.5) is 0 Å². The van der Waals surface area contributed by atoms with Crippen LogP contribution in [-0.4, -0.2) is 35.0 Å². The molecule has 0 aromatic carbocycles. The Morgan fingerprint density at radius 1 is 1.35 bits per heavy atom. The van der Waals surface area contributed by atoms with Crippen molar-refractivity contribution in [2.45, 2.75) is 31.2 Å². The summed E-state index contributed by atoms with van der Waals surface area (Å²) in [5, 5.41) is 16.1. The summed E-state index contributed by atoms with van der Waals surface area (Å²) in [5.41, 5.74) is -1.09. The lowest BCUT2D eigenvalue weighted by molar-refractivity contribution is -0.151. The van der Waals surface area contributed by atoms with Gasteiger partial charge in [0.15, 0.2) is 0 Å². The average molecular weight is 296 g/mol. The van der Waals surface area contributed by atoms with E-state index in [4.69, 9.17) is 5.11 Å². The third-order valence-electron chi connectivity index (χ3n) is 3.38. The second-order valence-electron chi connectivity index (χ2n) is 4.77. The van der Waals surface area contributed by atoms with Crippen molar-refractivity contribution in [3.05, 3.63) is 22.4 Å². The molecule has 1 heterocycles. The Balaban J connectivity index is 1.73. The molecule has 0 bridgehead atoms. The maximum absolute atomic E-state index is 11.7. The first-order chi connectivity index (χ1) is 9.53. The molecule has 1 aromatic heterocycles. The molecule has 3 N–H and O–H groups in total. The largest absolute Gasteiger partial charge is 0.480 e. The Labute approximate surface area is 120 Å². The van der Waals surface area contributed by atoms with Crippen molar-refractivity contribution in [3.63, 3.8) is 0 Å². The molecule has 1 aliphatic carbocycles. The zero-order valence-corrected chi connectivity index (χ0v) is 11.7. The van der Waals surface area contributed by atoms with Gasteiger partial charge >= 0.3 is 5.97 Å². The lowest BCUT2D eigenvalue weighted by atomic mass is 9.76. The molecule has 0 saturated heterocycles. The maximum Gasteiger partial charge on any atom is 0.329 e. The van der Waals surface area contributed by atoms with E-state index in [1.165, 1.54) is 11.3 Å². The number of thiophene rings is 1. The number of amides is 2. The minimum Gasteiger partial charge on any atom is -0.480 e. The maximum atomic E-state index is 11.7. The normalized spacial score (nSPS) is 16.0. The van der Waals surface area contributed by atoms with Crippen LogP contribution in [0, 0.1) is 0 Å². The Morgan fingerprint density at radius 3 is 2.60 bits per heavy atom. The van der Waals surface area contributed by atoms with Crippen LogP contribution in [0.3, 0.4) is 0 Å². The number of aliphatic carboxylic acids is 1. The predicted octanol–water partition coefficient (Wildman–Crippen LogP) is 0.991. The van der Waals surface area contributed by atoms with Crippen molar-refractivity contribution in [3.8, 4) is 0 Å². The molecule has 108 valence electrons. The molecular formula is C13H16N2O4S. The zero-order chi connectivity index (χ0) is 14.6. The van der Waals surface area contributed by atoms with E-state index in [9.17, 15) is 14.4 Å². The highest BCUT2D eigenvalue weighted by atomic mass is 32.1. The van der Waals surface area contributed by atoms with Crippen molar-refractivity contribution in [2.24, 2.45) is 0 Å². The Hall–Kier alpha value is -1.89. The van der Waals surface area contributed by atoms with Crippen molar-refractivity contribution >= 4 is 29.1 Å². The molecule has 1 aromatic rings. The van der Waals surface area contributed by atoms with Crippen LogP contribution >= 0.6 is 11.3 Å². The quantitative estimate of drug-likeness (QED) is 0.729. The van der Waals surface area contributed by atoms with Gasteiger partial charge in [-0.1, -0.05) is 6.07 Å². The number of carboxylic acids is 1. The summed E-state index contributed by atoms with van der Waals surface area (Å²) in [6, 6.07) is 3.48. The molecule has 0 aliphatic heterocycles. The molecule has 6 nitrogen and oxygen atoms in total. The lowest BCUT2D eigenvalue weighted by Gasteiger charge is -2.38. The second kappa shape index (κ2) is 6.04. The van der Waals surface area contributed by atoms with Crippen molar-refractivity contribution < 1.29 is 19.5 Å². The summed E-state index contributed by atoms with van der Waals surface area (Å²) in [7, 11) is 0. The molecule has 2 amide bonds. The molecule has 0 spiro atoms. The predicted molar refractivity (Wildman–Crippen MR) is 73.6 cm³/mol. The fourth-order valence-corrected chi connectivity index (χ4v) is 2.68. The van der Waals surface area contributed by atoms with Gasteiger partial charge in [0.1, 0.15) is 5.54 Å². The van der Waals surface area contributed by atoms with Crippen molar-refractivity contribution in [1.29, 1.82) is 0 Å². The van der Waals surface area contributed by atoms with Crippen LogP contribution in [0.15, 0.2) is 17.5 Å². The number of hydrogen-bond donors (Lipinski definition) is 3. The van der Waals surface area contributed by atoms with Crippen LogP contribution in [0.5, 0.6) is 0 Å². The number of carbonyl (C=O) groups is 3. The topological polar surface area (TPSA) is 95.5 Å².